The minimum Gasteiger partial charge on any atom is -0.334 e. The van der Waals surface area contributed by atoms with Gasteiger partial charge in [0.2, 0.25) is 5.82 Å². The Labute approximate surface area is 194 Å². The van der Waals surface area contributed by atoms with Gasteiger partial charge >= 0.3 is 6.03 Å². The third-order valence-electron chi connectivity index (χ3n) is 5.72. The largest absolute Gasteiger partial charge is 0.334 e. The van der Waals surface area contributed by atoms with Crippen LogP contribution < -0.4 is 10.2 Å². The maximum absolute atomic E-state index is 14.1. The van der Waals surface area contributed by atoms with Gasteiger partial charge in [0.05, 0.1) is 17.3 Å². The first-order valence-electron chi connectivity index (χ1n) is 10.6. The van der Waals surface area contributed by atoms with Gasteiger partial charge in [0.1, 0.15) is 11.6 Å². The van der Waals surface area contributed by atoms with Crippen LogP contribution in [0.2, 0.25) is 0 Å². The molecule has 5 rings (SSSR count). The number of anilines is 1. The maximum atomic E-state index is 14.1. The minimum atomic E-state index is -0.716. The zero-order valence-electron chi connectivity index (χ0n) is 18.4. The first kappa shape index (κ1) is 21.5. The van der Waals surface area contributed by atoms with Gasteiger partial charge in [0.25, 0.3) is 5.89 Å². The van der Waals surface area contributed by atoms with Gasteiger partial charge in [-0.2, -0.15) is 4.98 Å². The number of benzene rings is 3. The molecule has 8 heteroatoms. The van der Waals surface area contributed by atoms with Crippen LogP contribution in [0.1, 0.15) is 30.0 Å². The number of halogens is 2. The highest BCUT2D eigenvalue weighted by atomic mass is 19.1. The molecule has 0 saturated heterocycles. The SMILES string of the molecule is CC1=C(c2nc(-c3ccc(F)cc3)no2)C(c2cccc(F)c2)NC(=O)N1c1ccc(C)cc1. The van der Waals surface area contributed by atoms with Crippen molar-refractivity contribution < 1.29 is 18.1 Å². The number of nitrogens with one attached hydrogen (secondary N) is 1. The number of allylic oxidation sites excluding steroid dienone is 1. The van der Waals surface area contributed by atoms with Crippen LogP contribution in [0.4, 0.5) is 19.3 Å². The zero-order chi connectivity index (χ0) is 23.8. The van der Waals surface area contributed by atoms with Crippen molar-refractivity contribution in [2.75, 3.05) is 4.90 Å². The molecule has 1 aromatic heterocycles. The molecule has 0 saturated carbocycles. The summed E-state index contributed by atoms with van der Waals surface area (Å²) < 4.78 is 33.0. The Kier molecular flexibility index (Phi) is 5.41. The van der Waals surface area contributed by atoms with Crippen LogP contribution in [-0.4, -0.2) is 16.2 Å². The van der Waals surface area contributed by atoms with E-state index in [2.05, 4.69) is 15.5 Å². The molecule has 1 atom stereocenters. The standard InChI is InChI=1S/C26H20F2N4O2/c1-15-6-12-21(13-7-15)32-16(2)22(23(29-26(32)33)18-4-3-5-20(28)14-18)25-30-24(31-34-25)17-8-10-19(27)11-9-17/h3-14,23H,1-2H3,(H,29,33). The summed E-state index contributed by atoms with van der Waals surface area (Å²) in [5.41, 5.74) is 3.93. The second-order valence-corrected chi connectivity index (χ2v) is 8.04. The van der Waals surface area contributed by atoms with E-state index in [1.165, 1.54) is 29.2 Å². The normalized spacial score (nSPS) is 16.1. The fraction of sp³-hybridized carbons (Fsp3) is 0.115. The average Bonchev–Trinajstić information content (AvgIpc) is 3.30. The predicted octanol–water partition coefficient (Wildman–Crippen LogP) is 6.03. The molecule has 6 nitrogen and oxygen atoms in total. The van der Waals surface area contributed by atoms with Crippen LogP contribution in [0.3, 0.4) is 0 Å². The molecule has 2 heterocycles. The molecule has 2 amide bonds. The Bertz CT molecular complexity index is 1400. The molecule has 4 aromatic rings. The third kappa shape index (κ3) is 3.94. The van der Waals surface area contributed by atoms with Crippen molar-refractivity contribution in [1.82, 2.24) is 15.5 Å². The molecule has 1 N–H and O–H groups in total. The molecule has 170 valence electrons. The van der Waals surface area contributed by atoms with Crippen molar-refractivity contribution in [2.45, 2.75) is 19.9 Å². The molecule has 3 aromatic carbocycles. The Balaban J connectivity index is 1.65. The number of hydrogen-bond acceptors (Lipinski definition) is 4. The van der Waals surface area contributed by atoms with E-state index in [-0.39, 0.29) is 23.6 Å². The molecule has 1 unspecified atom stereocenters. The lowest BCUT2D eigenvalue weighted by Gasteiger charge is -2.35. The van der Waals surface area contributed by atoms with Gasteiger partial charge in [0.15, 0.2) is 0 Å². The molecular weight excluding hydrogens is 438 g/mol. The number of aryl methyl sites for hydroxylation is 1. The van der Waals surface area contributed by atoms with E-state index in [0.717, 1.165) is 5.56 Å². The van der Waals surface area contributed by atoms with Gasteiger partial charge in [-0.25, -0.2) is 13.6 Å². The maximum Gasteiger partial charge on any atom is 0.326 e. The molecule has 1 aliphatic heterocycles. The predicted molar refractivity (Wildman–Crippen MR) is 124 cm³/mol. The molecule has 0 fully saturated rings. The molecular formula is C26H20F2N4O2. The van der Waals surface area contributed by atoms with Crippen LogP contribution in [-0.2, 0) is 0 Å². The Morgan fingerprint density at radius 2 is 1.68 bits per heavy atom. The highest BCUT2D eigenvalue weighted by molar-refractivity contribution is 6.01. The smallest absolute Gasteiger partial charge is 0.326 e. The van der Waals surface area contributed by atoms with E-state index < -0.39 is 11.9 Å². The minimum absolute atomic E-state index is 0.170. The highest BCUT2D eigenvalue weighted by Crippen LogP contribution is 2.39. The molecule has 0 bridgehead atoms. The number of nitrogens with zero attached hydrogens (tertiary/aromatic N) is 3. The lowest BCUT2D eigenvalue weighted by atomic mass is 9.94. The van der Waals surface area contributed by atoms with Crippen LogP contribution in [0.15, 0.2) is 83.0 Å². The van der Waals surface area contributed by atoms with Crippen LogP contribution in [0.5, 0.6) is 0 Å². The third-order valence-corrected chi connectivity index (χ3v) is 5.72. The second-order valence-electron chi connectivity index (χ2n) is 8.04. The lowest BCUT2D eigenvalue weighted by molar-refractivity contribution is 0.244. The average molecular weight is 458 g/mol. The van der Waals surface area contributed by atoms with Crippen molar-refractivity contribution in [3.8, 4) is 11.4 Å². The Hall–Kier alpha value is -4.33. The van der Waals surface area contributed by atoms with E-state index in [1.807, 2.05) is 31.2 Å². The van der Waals surface area contributed by atoms with Gasteiger partial charge in [-0.1, -0.05) is 35.0 Å². The van der Waals surface area contributed by atoms with Crippen molar-refractivity contribution in [3.63, 3.8) is 0 Å². The number of carbonyl (C=O) groups is 1. The van der Waals surface area contributed by atoms with E-state index in [4.69, 9.17) is 4.52 Å². The van der Waals surface area contributed by atoms with Crippen molar-refractivity contribution in [1.29, 1.82) is 0 Å². The molecule has 0 spiro atoms. The first-order valence-corrected chi connectivity index (χ1v) is 10.6. The second kappa shape index (κ2) is 8.55. The summed E-state index contributed by atoms with van der Waals surface area (Å²) in [6.45, 7) is 3.74. The lowest BCUT2D eigenvalue weighted by Crippen LogP contribution is -2.46. The summed E-state index contributed by atoms with van der Waals surface area (Å²) in [6.07, 6.45) is 0. The number of hydrogen-bond donors (Lipinski definition) is 1. The topological polar surface area (TPSA) is 71.3 Å². The highest BCUT2D eigenvalue weighted by Gasteiger charge is 2.36. The summed E-state index contributed by atoms with van der Waals surface area (Å²) in [4.78, 5) is 19.2. The van der Waals surface area contributed by atoms with Gasteiger partial charge in [-0.15, -0.1) is 0 Å². The summed E-state index contributed by atoms with van der Waals surface area (Å²) in [5.74, 6) is -0.363. The number of amides is 2. The molecule has 1 aliphatic rings. The van der Waals surface area contributed by atoms with E-state index in [0.29, 0.717) is 28.1 Å². The summed E-state index contributed by atoms with van der Waals surface area (Å²) in [7, 11) is 0. The van der Waals surface area contributed by atoms with Crippen molar-refractivity contribution in [2.24, 2.45) is 0 Å². The van der Waals surface area contributed by atoms with Gasteiger partial charge in [-0.05, 0) is 67.9 Å². The summed E-state index contributed by atoms with van der Waals surface area (Å²) in [6, 6.07) is 18.1. The Morgan fingerprint density at radius 1 is 0.941 bits per heavy atom. The van der Waals surface area contributed by atoms with Crippen LogP contribution in [0.25, 0.3) is 17.0 Å². The van der Waals surface area contributed by atoms with Gasteiger partial charge < -0.3 is 9.84 Å². The molecule has 34 heavy (non-hydrogen) atoms. The Morgan fingerprint density at radius 3 is 2.38 bits per heavy atom. The fourth-order valence-electron chi connectivity index (χ4n) is 4.01. The number of urea groups is 1. The van der Waals surface area contributed by atoms with Crippen molar-refractivity contribution in [3.05, 3.63) is 107 Å². The van der Waals surface area contributed by atoms with Gasteiger partial charge in [0, 0.05) is 11.3 Å². The summed E-state index contributed by atoms with van der Waals surface area (Å²) in [5, 5.41) is 7.00. The van der Waals surface area contributed by atoms with E-state index >= 15 is 0 Å². The summed E-state index contributed by atoms with van der Waals surface area (Å²) >= 11 is 0. The van der Waals surface area contributed by atoms with Crippen molar-refractivity contribution >= 4 is 17.3 Å². The molecule has 0 radical (unpaired) electrons. The van der Waals surface area contributed by atoms with E-state index in [1.54, 1.807) is 31.2 Å². The van der Waals surface area contributed by atoms with Crippen LogP contribution >= 0.6 is 0 Å². The number of rotatable bonds is 4. The first-order chi connectivity index (χ1) is 16.4. The molecule has 0 aliphatic carbocycles. The van der Waals surface area contributed by atoms with Gasteiger partial charge in [-0.3, -0.25) is 4.90 Å². The quantitative estimate of drug-likeness (QED) is 0.406. The monoisotopic (exact) mass is 458 g/mol. The van der Waals surface area contributed by atoms with E-state index in [9.17, 15) is 13.6 Å². The fourth-order valence-corrected chi connectivity index (χ4v) is 4.01. The zero-order valence-corrected chi connectivity index (χ0v) is 18.4. The number of carbonyl (C=O) groups excluding carboxylic acids is 1. The van der Waals surface area contributed by atoms with Crippen LogP contribution in [0, 0.1) is 18.6 Å². The number of aromatic nitrogens is 2.